The number of fused-ring (bicyclic) bond motifs is 1. The number of benzene rings is 3. The molecule has 3 aromatic rings. The standard InChI is InChI=1S/C25H20N2O2/c1-2-26-27-23-19-15-9-10-16-20(19)24(28)22(23)25(29)21(17-11-5-3-6-12-17)18-13-7-4-8-14-18/h2-16,21-22H,1H3/b26-2-,27-23+/t22-/m0/s1. The van der Waals surface area contributed by atoms with Gasteiger partial charge in [-0.1, -0.05) is 84.9 Å². The summed E-state index contributed by atoms with van der Waals surface area (Å²) in [6.45, 7) is 1.75. The van der Waals surface area contributed by atoms with E-state index in [-0.39, 0.29) is 11.6 Å². The van der Waals surface area contributed by atoms with E-state index in [1.54, 1.807) is 25.3 Å². The highest BCUT2D eigenvalue weighted by Gasteiger charge is 2.44. The molecule has 1 aliphatic carbocycles. The van der Waals surface area contributed by atoms with Gasteiger partial charge in [0.25, 0.3) is 0 Å². The molecule has 0 N–H and O–H groups in total. The minimum Gasteiger partial charge on any atom is -0.297 e. The lowest BCUT2D eigenvalue weighted by molar-refractivity contribution is -0.120. The molecule has 1 aliphatic rings. The van der Waals surface area contributed by atoms with E-state index in [1.807, 2.05) is 72.8 Å². The Kier molecular flexibility index (Phi) is 5.25. The quantitative estimate of drug-likeness (QED) is 0.366. The first kappa shape index (κ1) is 18.7. The Morgan fingerprint density at radius 2 is 1.34 bits per heavy atom. The number of nitrogens with zero attached hydrogens (tertiary/aromatic N) is 2. The van der Waals surface area contributed by atoms with Gasteiger partial charge in [-0.3, -0.25) is 9.59 Å². The van der Waals surface area contributed by atoms with Gasteiger partial charge in [-0.25, -0.2) is 0 Å². The summed E-state index contributed by atoms with van der Waals surface area (Å²) >= 11 is 0. The van der Waals surface area contributed by atoms with Crippen molar-refractivity contribution < 1.29 is 9.59 Å². The van der Waals surface area contributed by atoms with Gasteiger partial charge in [-0.15, -0.1) is 0 Å². The van der Waals surface area contributed by atoms with Crippen LogP contribution in [0.15, 0.2) is 95.1 Å². The molecule has 0 saturated carbocycles. The number of carbonyl (C=O) groups excluding carboxylic acids is 2. The fraction of sp³-hybridized carbons (Fsp3) is 0.120. The molecule has 0 aliphatic heterocycles. The molecule has 4 rings (SSSR count). The molecule has 0 aromatic heterocycles. The van der Waals surface area contributed by atoms with Crippen molar-refractivity contribution in [3.63, 3.8) is 0 Å². The maximum absolute atomic E-state index is 13.8. The van der Waals surface area contributed by atoms with E-state index in [2.05, 4.69) is 10.2 Å². The SMILES string of the molecule is C/C=N\N=C1/c2ccccc2C(=O)[C@H]1C(=O)C(c1ccccc1)c1ccccc1. The number of hydrogen-bond acceptors (Lipinski definition) is 4. The van der Waals surface area contributed by atoms with Crippen LogP contribution < -0.4 is 0 Å². The lowest BCUT2D eigenvalue weighted by atomic mass is 9.80. The van der Waals surface area contributed by atoms with Gasteiger partial charge >= 0.3 is 0 Å². The number of Topliss-reactive ketones (excluding diaryl/α,β-unsaturated/α-hetero) is 2. The van der Waals surface area contributed by atoms with Crippen LogP contribution in [0, 0.1) is 5.92 Å². The van der Waals surface area contributed by atoms with Crippen molar-refractivity contribution in [2.24, 2.45) is 16.1 Å². The molecule has 0 amide bonds. The molecule has 142 valence electrons. The summed E-state index contributed by atoms with van der Waals surface area (Å²) in [5, 5.41) is 8.23. The van der Waals surface area contributed by atoms with Crippen LogP contribution in [0.25, 0.3) is 0 Å². The molecule has 0 radical (unpaired) electrons. The van der Waals surface area contributed by atoms with E-state index in [4.69, 9.17) is 0 Å². The summed E-state index contributed by atoms with van der Waals surface area (Å²) in [6.07, 6.45) is 1.55. The number of hydrogen-bond donors (Lipinski definition) is 0. The van der Waals surface area contributed by atoms with E-state index in [0.717, 1.165) is 11.1 Å². The zero-order valence-corrected chi connectivity index (χ0v) is 16.0. The van der Waals surface area contributed by atoms with E-state index >= 15 is 0 Å². The first-order valence-electron chi connectivity index (χ1n) is 9.55. The Balaban J connectivity index is 1.85. The Hall–Kier alpha value is -3.66. The lowest BCUT2D eigenvalue weighted by Gasteiger charge is -2.20. The highest BCUT2D eigenvalue weighted by molar-refractivity contribution is 6.38. The van der Waals surface area contributed by atoms with Crippen LogP contribution in [0.5, 0.6) is 0 Å². The van der Waals surface area contributed by atoms with Crippen molar-refractivity contribution in [3.05, 3.63) is 107 Å². The van der Waals surface area contributed by atoms with Crippen LogP contribution in [0.2, 0.25) is 0 Å². The Bertz CT molecular complexity index is 1060. The summed E-state index contributed by atoms with van der Waals surface area (Å²) in [6, 6.07) is 26.3. The molecule has 0 unspecified atom stereocenters. The number of rotatable bonds is 5. The molecule has 4 heteroatoms. The fourth-order valence-electron chi connectivity index (χ4n) is 3.83. The molecular formula is C25H20N2O2. The zero-order valence-electron chi connectivity index (χ0n) is 16.0. The monoisotopic (exact) mass is 380 g/mol. The van der Waals surface area contributed by atoms with Crippen LogP contribution in [-0.2, 0) is 4.79 Å². The number of carbonyl (C=O) groups is 2. The topological polar surface area (TPSA) is 58.9 Å². The molecule has 1 atom stereocenters. The summed E-state index contributed by atoms with van der Waals surface area (Å²) in [5.41, 5.74) is 3.33. The second-order valence-corrected chi connectivity index (χ2v) is 6.86. The van der Waals surface area contributed by atoms with Gasteiger partial charge in [0.05, 0.1) is 11.6 Å². The van der Waals surface area contributed by atoms with Gasteiger partial charge in [-0.2, -0.15) is 10.2 Å². The van der Waals surface area contributed by atoms with Crippen LogP contribution >= 0.6 is 0 Å². The van der Waals surface area contributed by atoms with Gasteiger partial charge in [0.15, 0.2) is 11.6 Å². The van der Waals surface area contributed by atoms with Gasteiger partial charge < -0.3 is 0 Å². The van der Waals surface area contributed by atoms with Crippen LogP contribution in [0.3, 0.4) is 0 Å². The van der Waals surface area contributed by atoms with Gasteiger partial charge in [0.2, 0.25) is 0 Å². The van der Waals surface area contributed by atoms with Crippen molar-refractivity contribution in [2.75, 3.05) is 0 Å². The zero-order chi connectivity index (χ0) is 20.2. The van der Waals surface area contributed by atoms with Gasteiger partial charge in [0.1, 0.15) is 5.92 Å². The third kappa shape index (κ3) is 3.45. The Labute approximate surface area is 169 Å². The highest BCUT2D eigenvalue weighted by Crippen LogP contribution is 2.35. The predicted molar refractivity (Wildman–Crippen MR) is 115 cm³/mol. The first-order valence-corrected chi connectivity index (χ1v) is 9.55. The number of ketones is 2. The third-order valence-corrected chi connectivity index (χ3v) is 5.12. The van der Waals surface area contributed by atoms with E-state index in [0.29, 0.717) is 16.8 Å². The smallest absolute Gasteiger partial charge is 0.180 e. The molecule has 0 fully saturated rings. The van der Waals surface area contributed by atoms with E-state index < -0.39 is 11.8 Å². The predicted octanol–water partition coefficient (Wildman–Crippen LogP) is 4.70. The molecule has 0 spiro atoms. The fourth-order valence-corrected chi connectivity index (χ4v) is 3.83. The van der Waals surface area contributed by atoms with Gasteiger partial charge in [-0.05, 0) is 18.1 Å². The molecule has 3 aromatic carbocycles. The molecular weight excluding hydrogens is 360 g/mol. The van der Waals surface area contributed by atoms with E-state index in [1.165, 1.54) is 0 Å². The summed E-state index contributed by atoms with van der Waals surface area (Å²) in [4.78, 5) is 27.1. The van der Waals surface area contributed by atoms with Crippen molar-refractivity contribution in [1.29, 1.82) is 0 Å². The van der Waals surface area contributed by atoms with Crippen molar-refractivity contribution in [2.45, 2.75) is 12.8 Å². The maximum Gasteiger partial charge on any atom is 0.180 e. The Morgan fingerprint density at radius 1 is 0.828 bits per heavy atom. The van der Waals surface area contributed by atoms with Crippen LogP contribution in [-0.4, -0.2) is 23.5 Å². The molecule has 4 nitrogen and oxygen atoms in total. The second kappa shape index (κ2) is 8.15. The van der Waals surface area contributed by atoms with Crippen molar-refractivity contribution in [1.82, 2.24) is 0 Å². The average molecular weight is 380 g/mol. The normalized spacial score (nSPS) is 17.2. The van der Waals surface area contributed by atoms with Crippen molar-refractivity contribution in [3.8, 4) is 0 Å². The van der Waals surface area contributed by atoms with Gasteiger partial charge in [0, 0.05) is 17.3 Å². The summed E-state index contributed by atoms with van der Waals surface area (Å²) < 4.78 is 0. The minimum absolute atomic E-state index is 0.186. The third-order valence-electron chi connectivity index (χ3n) is 5.12. The summed E-state index contributed by atoms with van der Waals surface area (Å²) in [5.74, 6) is -1.93. The molecule has 0 saturated heterocycles. The van der Waals surface area contributed by atoms with Crippen LogP contribution in [0.1, 0.15) is 39.9 Å². The largest absolute Gasteiger partial charge is 0.297 e. The maximum atomic E-state index is 13.8. The molecule has 0 heterocycles. The van der Waals surface area contributed by atoms with E-state index in [9.17, 15) is 9.59 Å². The molecule has 0 bridgehead atoms. The second-order valence-electron chi connectivity index (χ2n) is 6.86. The minimum atomic E-state index is -0.971. The van der Waals surface area contributed by atoms with Crippen LogP contribution in [0.4, 0.5) is 0 Å². The van der Waals surface area contributed by atoms with Crippen molar-refractivity contribution >= 4 is 23.5 Å². The highest BCUT2D eigenvalue weighted by atomic mass is 16.2. The average Bonchev–Trinajstić information content (AvgIpc) is 3.06. The molecule has 29 heavy (non-hydrogen) atoms. The Morgan fingerprint density at radius 3 is 1.90 bits per heavy atom. The lowest BCUT2D eigenvalue weighted by Crippen LogP contribution is -2.31. The first-order chi connectivity index (χ1) is 14.2. The summed E-state index contributed by atoms with van der Waals surface area (Å²) in [7, 11) is 0.